The molecule has 0 saturated heterocycles. The Morgan fingerprint density at radius 2 is 1.87 bits per heavy atom. The highest BCUT2D eigenvalue weighted by Crippen LogP contribution is 2.32. The Hall–Kier alpha value is -3.75. The molecule has 6 nitrogen and oxygen atoms in total. The van der Waals surface area contributed by atoms with Gasteiger partial charge in [0.1, 0.15) is 11.5 Å². The summed E-state index contributed by atoms with van der Waals surface area (Å²) < 4.78 is 40.5. The Balaban J connectivity index is 1.70. The summed E-state index contributed by atoms with van der Waals surface area (Å²) in [5.41, 5.74) is 2.05. The molecule has 0 unspecified atom stereocenters. The number of aromatic nitrogens is 4. The number of anilines is 1. The number of carbonyl (C=O) groups is 1. The molecule has 0 bridgehead atoms. The molecule has 0 aliphatic heterocycles. The van der Waals surface area contributed by atoms with Crippen molar-refractivity contribution in [1.29, 1.82) is 0 Å². The smallest absolute Gasteiger partial charge is 0.305 e. The average molecular weight is 411 g/mol. The van der Waals surface area contributed by atoms with E-state index in [1.54, 1.807) is 12.1 Å². The van der Waals surface area contributed by atoms with E-state index in [0.29, 0.717) is 22.7 Å². The van der Waals surface area contributed by atoms with Crippen molar-refractivity contribution in [1.82, 2.24) is 19.6 Å². The van der Waals surface area contributed by atoms with Gasteiger partial charge in [-0.15, -0.1) is 0 Å². The maximum Gasteiger partial charge on any atom is 0.416 e. The Labute approximate surface area is 169 Å². The average Bonchev–Trinajstić information content (AvgIpc) is 3.10. The van der Waals surface area contributed by atoms with E-state index in [0.717, 1.165) is 23.4 Å². The Kier molecular flexibility index (Phi) is 4.73. The maximum absolute atomic E-state index is 13.1. The number of carbonyl (C=O) groups excluding carboxylic acids is 1. The van der Waals surface area contributed by atoms with Gasteiger partial charge < -0.3 is 5.32 Å². The van der Waals surface area contributed by atoms with Crippen LogP contribution >= 0.6 is 0 Å². The molecule has 0 radical (unpaired) electrons. The van der Waals surface area contributed by atoms with Gasteiger partial charge in [-0.3, -0.25) is 4.79 Å². The molecule has 0 atom stereocenters. The lowest BCUT2D eigenvalue weighted by molar-refractivity contribution is -0.137. The molecule has 4 rings (SSSR count). The minimum absolute atomic E-state index is 0.0784. The van der Waals surface area contributed by atoms with E-state index in [1.165, 1.54) is 28.9 Å². The van der Waals surface area contributed by atoms with Crippen LogP contribution in [0.4, 0.5) is 19.0 Å². The minimum Gasteiger partial charge on any atom is -0.305 e. The van der Waals surface area contributed by atoms with Crippen LogP contribution in [0, 0.1) is 13.8 Å². The van der Waals surface area contributed by atoms with E-state index in [9.17, 15) is 18.0 Å². The van der Waals surface area contributed by atoms with Gasteiger partial charge in [0.15, 0.2) is 5.65 Å². The first-order chi connectivity index (χ1) is 14.2. The highest BCUT2D eigenvalue weighted by molar-refractivity contribution is 6.02. The number of hydrogen-bond acceptors (Lipinski definition) is 4. The second-order valence-corrected chi connectivity index (χ2v) is 6.84. The lowest BCUT2D eigenvalue weighted by Crippen LogP contribution is -2.16. The van der Waals surface area contributed by atoms with Crippen LogP contribution in [-0.2, 0) is 6.18 Å². The topological polar surface area (TPSA) is 72.2 Å². The Morgan fingerprint density at radius 3 is 2.60 bits per heavy atom. The largest absolute Gasteiger partial charge is 0.416 e. The first kappa shape index (κ1) is 19.6. The van der Waals surface area contributed by atoms with Crippen molar-refractivity contribution in [3.63, 3.8) is 0 Å². The fourth-order valence-corrected chi connectivity index (χ4v) is 3.13. The molecule has 0 aliphatic carbocycles. The number of halogens is 3. The number of amides is 1. The fourth-order valence-electron chi connectivity index (χ4n) is 3.13. The predicted molar refractivity (Wildman–Crippen MR) is 105 cm³/mol. The van der Waals surface area contributed by atoms with E-state index in [1.807, 2.05) is 19.9 Å². The second kappa shape index (κ2) is 7.25. The third kappa shape index (κ3) is 3.86. The van der Waals surface area contributed by atoms with Gasteiger partial charge >= 0.3 is 6.18 Å². The SMILES string of the molecule is Cc1cc(C)nc(NC(=O)c2ccc3ncc(-c4cccc(C(F)(F)F)c4)n3n2)c1. The third-order valence-electron chi connectivity index (χ3n) is 4.42. The number of benzene rings is 1. The quantitative estimate of drug-likeness (QED) is 0.531. The molecule has 3 heterocycles. The van der Waals surface area contributed by atoms with Crippen molar-refractivity contribution < 1.29 is 18.0 Å². The van der Waals surface area contributed by atoms with Crippen LogP contribution in [0.5, 0.6) is 0 Å². The number of aryl methyl sites for hydroxylation is 2. The number of nitrogens with zero attached hydrogens (tertiary/aromatic N) is 4. The van der Waals surface area contributed by atoms with Crippen molar-refractivity contribution in [3.05, 3.63) is 77.2 Å². The molecule has 0 aliphatic rings. The molecule has 4 aromatic rings. The molecular formula is C21H16F3N5O. The Morgan fingerprint density at radius 1 is 1.07 bits per heavy atom. The fraction of sp³-hybridized carbons (Fsp3) is 0.143. The first-order valence-corrected chi connectivity index (χ1v) is 9.00. The number of imidazole rings is 1. The minimum atomic E-state index is -4.46. The Bertz CT molecular complexity index is 1240. The van der Waals surface area contributed by atoms with E-state index < -0.39 is 17.6 Å². The molecule has 9 heteroatoms. The highest BCUT2D eigenvalue weighted by Gasteiger charge is 2.30. The molecule has 1 aromatic carbocycles. The van der Waals surface area contributed by atoms with Crippen LogP contribution in [0.2, 0.25) is 0 Å². The lowest BCUT2D eigenvalue weighted by Gasteiger charge is -2.09. The van der Waals surface area contributed by atoms with E-state index >= 15 is 0 Å². The van der Waals surface area contributed by atoms with Gasteiger partial charge in [-0.2, -0.15) is 18.3 Å². The number of nitrogens with one attached hydrogen (secondary N) is 1. The lowest BCUT2D eigenvalue weighted by atomic mass is 10.1. The summed E-state index contributed by atoms with van der Waals surface area (Å²) in [6, 6.07) is 11.6. The summed E-state index contributed by atoms with van der Waals surface area (Å²) in [4.78, 5) is 21.1. The van der Waals surface area contributed by atoms with Gasteiger partial charge in [0.2, 0.25) is 0 Å². The predicted octanol–water partition coefficient (Wildman–Crippen LogP) is 4.68. The normalized spacial score (nSPS) is 11.6. The van der Waals surface area contributed by atoms with Crippen molar-refractivity contribution in [2.24, 2.45) is 0 Å². The number of pyridine rings is 1. The molecule has 0 saturated carbocycles. The van der Waals surface area contributed by atoms with Gasteiger partial charge in [0.05, 0.1) is 17.5 Å². The maximum atomic E-state index is 13.1. The van der Waals surface area contributed by atoms with Gasteiger partial charge in [-0.25, -0.2) is 14.5 Å². The van der Waals surface area contributed by atoms with E-state index in [2.05, 4.69) is 20.4 Å². The molecule has 152 valence electrons. The van der Waals surface area contributed by atoms with Crippen LogP contribution in [0.3, 0.4) is 0 Å². The zero-order valence-electron chi connectivity index (χ0n) is 16.0. The van der Waals surface area contributed by atoms with Gasteiger partial charge in [-0.1, -0.05) is 12.1 Å². The second-order valence-electron chi connectivity index (χ2n) is 6.84. The van der Waals surface area contributed by atoms with Crippen LogP contribution in [-0.4, -0.2) is 25.5 Å². The molecule has 30 heavy (non-hydrogen) atoms. The summed E-state index contributed by atoms with van der Waals surface area (Å²) in [7, 11) is 0. The van der Waals surface area contributed by atoms with Crippen molar-refractivity contribution >= 4 is 17.4 Å². The van der Waals surface area contributed by atoms with E-state index in [4.69, 9.17) is 0 Å². The molecule has 1 amide bonds. The number of alkyl halides is 3. The molecule has 3 aromatic heterocycles. The summed E-state index contributed by atoms with van der Waals surface area (Å²) in [5, 5.41) is 6.97. The van der Waals surface area contributed by atoms with E-state index in [-0.39, 0.29) is 5.69 Å². The van der Waals surface area contributed by atoms with Gasteiger partial charge in [-0.05, 0) is 55.8 Å². The summed E-state index contributed by atoms with van der Waals surface area (Å²) in [6.45, 7) is 3.71. The zero-order valence-corrected chi connectivity index (χ0v) is 16.0. The van der Waals surface area contributed by atoms with Gasteiger partial charge in [0.25, 0.3) is 5.91 Å². The van der Waals surface area contributed by atoms with Crippen LogP contribution < -0.4 is 5.32 Å². The zero-order chi connectivity index (χ0) is 21.5. The van der Waals surface area contributed by atoms with Crippen LogP contribution in [0.15, 0.2) is 54.7 Å². The van der Waals surface area contributed by atoms with Crippen molar-refractivity contribution in [3.8, 4) is 11.3 Å². The summed E-state index contributed by atoms with van der Waals surface area (Å²) >= 11 is 0. The van der Waals surface area contributed by atoms with Crippen molar-refractivity contribution in [2.45, 2.75) is 20.0 Å². The first-order valence-electron chi connectivity index (χ1n) is 9.00. The van der Waals surface area contributed by atoms with Crippen molar-refractivity contribution in [2.75, 3.05) is 5.32 Å². The summed E-state index contributed by atoms with van der Waals surface area (Å²) in [5.74, 6) is -0.0961. The number of hydrogen-bond donors (Lipinski definition) is 1. The third-order valence-corrected chi connectivity index (χ3v) is 4.42. The highest BCUT2D eigenvalue weighted by atomic mass is 19.4. The number of rotatable bonds is 3. The molecular weight excluding hydrogens is 395 g/mol. The standard InChI is InChI=1S/C21H16F3N5O/c1-12-8-13(2)26-18(9-12)27-20(30)16-6-7-19-25-11-17(29(19)28-16)14-4-3-5-15(10-14)21(22,23)24/h3-11H,1-2H3,(H,26,27,30). The molecule has 0 spiro atoms. The summed E-state index contributed by atoms with van der Waals surface area (Å²) in [6.07, 6.45) is -3.04. The monoisotopic (exact) mass is 411 g/mol. The number of fused-ring (bicyclic) bond motifs is 1. The van der Waals surface area contributed by atoms with Gasteiger partial charge in [0, 0.05) is 11.3 Å². The molecule has 0 fully saturated rings. The molecule has 1 N–H and O–H groups in total. The van der Waals surface area contributed by atoms with Crippen LogP contribution in [0.1, 0.15) is 27.3 Å². The van der Waals surface area contributed by atoms with Crippen LogP contribution in [0.25, 0.3) is 16.9 Å².